The van der Waals surface area contributed by atoms with Crippen LogP contribution < -0.4 is 0 Å². The van der Waals surface area contributed by atoms with Crippen LogP contribution in [0.4, 0.5) is 0 Å². The van der Waals surface area contributed by atoms with Gasteiger partial charge in [0.05, 0.1) is 24.4 Å². The summed E-state index contributed by atoms with van der Waals surface area (Å²) < 4.78 is 8.62. The van der Waals surface area contributed by atoms with Crippen LogP contribution in [0.15, 0.2) is 47.1 Å². The van der Waals surface area contributed by atoms with Crippen molar-refractivity contribution in [2.75, 3.05) is 6.61 Å². The molecule has 0 N–H and O–H groups in total. The Morgan fingerprint density at radius 1 is 1.09 bits per heavy atom. The van der Waals surface area contributed by atoms with Crippen LogP contribution in [0.3, 0.4) is 0 Å². The summed E-state index contributed by atoms with van der Waals surface area (Å²) in [5.41, 5.74) is 6.85. The van der Waals surface area contributed by atoms with E-state index in [0.29, 0.717) is 24.4 Å². The fourth-order valence-corrected chi connectivity index (χ4v) is 4.37. The molecule has 35 heavy (non-hydrogen) atoms. The molecule has 0 saturated heterocycles. The molecule has 0 aliphatic carbocycles. The van der Waals surface area contributed by atoms with Gasteiger partial charge in [-0.3, -0.25) is 4.98 Å². The first-order valence-electron chi connectivity index (χ1n) is 11.8. The third-order valence-corrected chi connectivity index (χ3v) is 6.19. The van der Waals surface area contributed by atoms with Gasteiger partial charge in [0.1, 0.15) is 11.3 Å². The Kier molecular flexibility index (Phi) is 7.08. The molecule has 0 saturated carbocycles. The molecule has 0 aliphatic heterocycles. The topological polar surface area (TPSA) is 69.9 Å². The zero-order valence-electron chi connectivity index (χ0n) is 21.1. The number of carbonyl (C=O) groups is 1. The van der Waals surface area contributed by atoms with E-state index >= 15 is 0 Å². The van der Waals surface area contributed by atoms with Crippen molar-refractivity contribution >= 4 is 33.1 Å². The summed E-state index contributed by atoms with van der Waals surface area (Å²) in [6.07, 6.45) is 2.67. The van der Waals surface area contributed by atoms with E-state index in [-0.39, 0.29) is 11.4 Å². The standard InChI is InChI=1S/C28H31BrN4O2/c1-7-24-32-25-17(2)12-18(3)31-26(25)33(24)15-19-8-11-23(30-14-19)22-13-20(29)9-10-21(22)27(34)35-16-28(4,5)6/h8-14H,7,15-16H2,1-6H3. The van der Waals surface area contributed by atoms with Crippen LogP contribution in [-0.2, 0) is 17.7 Å². The molecule has 3 heterocycles. The van der Waals surface area contributed by atoms with Gasteiger partial charge in [-0.2, -0.15) is 0 Å². The summed E-state index contributed by atoms with van der Waals surface area (Å²) in [6.45, 7) is 13.3. The van der Waals surface area contributed by atoms with Gasteiger partial charge in [0.15, 0.2) is 5.65 Å². The lowest BCUT2D eigenvalue weighted by Gasteiger charge is -2.18. The minimum Gasteiger partial charge on any atom is -0.462 e. The second kappa shape index (κ2) is 9.90. The molecule has 0 amide bonds. The van der Waals surface area contributed by atoms with E-state index in [9.17, 15) is 4.79 Å². The number of ether oxygens (including phenoxy) is 1. The molecule has 0 bridgehead atoms. The molecular formula is C28H31BrN4O2. The summed E-state index contributed by atoms with van der Waals surface area (Å²) >= 11 is 3.52. The van der Waals surface area contributed by atoms with Crippen LogP contribution in [-0.4, -0.2) is 32.1 Å². The average molecular weight is 535 g/mol. The molecule has 0 radical (unpaired) electrons. The molecule has 4 rings (SSSR count). The Bertz CT molecular complexity index is 1390. The van der Waals surface area contributed by atoms with Gasteiger partial charge in [0.2, 0.25) is 0 Å². The highest BCUT2D eigenvalue weighted by Gasteiger charge is 2.20. The predicted molar refractivity (Wildman–Crippen MR) is 143 cm³/mol. The molecule has 0 atom stereocenters. The van der Waals surface area contributed by atoms with Crippen LogP contribution in [0.2, 0.25) is 0 Å². The second-order valence-corrected chi connectivity index (χ2v) is 11.0. The lowest BCUT2D eigenvalue weighted by molar-refractivity contribution is 0.0368. The number of fused-ring (bicyclic) bond motifs is 1. The number of rotatable bonds is 6. The van der Waals surface area contributed by atoms with Gasteiger partial charge in [0.25, 0.3) is 0 Å². The monoisotopic (exact) mass is 534 g/mol. The molecule has 0 unspecified atom stereocenters. The number of pyridine rings is 2. The first-order valence-corrected chi connectivity index (χ1v) is 12.6. The van der Waals surface area contributed by atoms with Gasteiger partial charge in [-0.05, 0) is 60.7 Å². The molecule has 3 aromatic heterocycles. The van der Waals surface area contributed by atoms with Crippen molar-refractivity contribution in [2.45, 2.75) is 54.5 Å². The number of benzene rings is 1. The van der Waals surface area contributed by atoms with Crippen molar-refractivity contribution < 1.29 is 9.53 Å². The van der Waals surface area contributed by atoms with E-state index in [4.69, 9.17) is 19.7 Å². The largest absolute Gasteiger partial charge is 0.462 e. The number of nitrogens with zero attached hydrogens (tertiary/aromatic N) is 4. The SMILES string of the molecule is CCc1nc2c(C)cc(C)nc2n1Cc1ccc(-c2cc(Br)ccc2C(=O)OCC(C)(C)C)nc1. The molecular weight excluding hydrogens is 504 g/mol. The number of aromatic nitrogens is 4. The lowest BCUT2D eigenvalue weighted by atomic mass is 9.98. The van der Waals surface area contributed by atoms with Gasteiger partial charge in [-0.1, -0.05) is 49.7 Å². The molecule has 7 heteroatoms. The van der Waals surface area contributed by atoms with Crippen LogP contribution in [0.1, 0.15) is 60.7 Å². The molecule has 0 aliphatic rings. The first kappa shape index (κ1) is 25.0. The number of hydrogen-bond donors (Lipinski definition) is 0. The quantitative estimate of drug-likeness (QED) is 0.258. The van der Waals surface area contributed by atoms with Crippen LogP contribution >= 0.6 is 15.9 Å². The third-order valence-electron chi connectivity index (χ3n) is 5.70. The fraction of sp³-hybridized carbons (Fsp3) is 0.357. The van der Waals surface area contributed by atoms with Crippen LogP contribution in [0.5, 0.6) is 0 Å². The first-order chi connectivity index (χ1) is 16.6. The maximum atomic E-state index is 12.8. The van der Waals surface area contributed by atoms with Gasteiger partial charge in [-0.25, -0.2) is 14.8 Å². The zero-order chi connectivity index (χ0) is 25.3. The normalized spacial score (nSPS) is 11.7. The number of halogens is 1. The lowest BCUT2D eigenvalue weighted by Crippen LogP contribution is -2.18. The van der Waals surface area contributed by atoms with Gasteiger partial charge >= 0.3 is 5.97 Å². The summed E-state index contributed by atoms with van der Waals surface area (Å²) in [7, 11) is 0. The van der Waals surface area contributed by atoms with Crippen LogP contribution in [0.25, 0.3) is 22.4 Å². The Balaban J connectivity index is 1.65. The predicted octanol–water partition coefficient (Wildman–Crippen LogP) is 6.69. The number of esters is 1. The van der Waals surface area contributed by atoms with E-state index in [2.05, 4.69) is 40.4 Å². The summed E-state index contributed by atoms with van der Waals surface area (Å²) in [5, 5.41) is 0. The van der Waals surface area contributed by atoms with Crippen molar-refractivity contribution in [2.24, 2.45) is 5.41 Å². The van der Waals surface area contributed by atoms with Crippen molar-refractivity contribution in [3.05, 3.63) is 75.3 Å². The maximum Gasteiger partial charge on any atom is 0.338 e. The summed E-state index contributed by atoms with van der Waals surface area (Å²) in [6, 6.07) is 11.6. The van der Waals surface area contributed by atoms with Crippen LogP contribution in [0, 0.1) is 19.3 Å². The molecule has 182 valence electrons. The smallest absolute Gasteiger partial charge is 0.338 e. The minimum absolute atomic E-state index is 0.105. The third kappa shape index (κ3) is 5.61. The Labute approximate surface area is 214 Å². The van der Waals surface area contributed by atoms with Crippen molar-refractivity contribution in [3.63, 3.8) is 0 Å². The van der Waals surface area contributed by atoms with Gasteiger partial charge in [0, 0.05) is 28.3 Å². The van der Waals surface area contributed by atoms with E-state index in [1.807, 2.05) is 58.2 Å². The Morgan fingerprint density at radius 3 is 2.51 bits per heavy atom. The number of hydrogen-bond acceptors (Lipinski definition) is 5. The van der Waals surface area contributed by atoms with Gasteiger partial charge in [-0.15, -0.1) is 0 Å². The number of carbonyl (C=O) groups excluding carboxylic acids is 1. The average Bonchev–Trinajstić information content (AvgIpc) is 3.15. The minimum atomic E-state index is -0.345. The molecule has 1 aromatic carbocycles. The Morgan fingerprint density at radius 2 is 1.86 bits per heavy atom. The van der Waals surface area contributed by atoms with E-state index in [1.54, 1.807) is 6.07 Å². The van der Waals surface area contributed by atoms with E-state index < -0.39 is 0 Å². The van der Waals surface area contributed by atoms with E-state index in [0.717, 1.165) is 50.3 Å². The highest BCUT2D eigenvalue weighted by Crippen LogP contribution is 2.28. The van der Waals surface area contributed by atoms with Crippen molar-refractivity contribution in [1.29, 1.82) is 0 Å². The van der Waals surface area contributed by atoms with Gasteiger partial charge < -0.3 is 9.30 Å². The molecule has 0 spiro atoms. The highest BCUT2D eigenvalue weighted by atomic mass is 79.9. The summed E-state index contributed by atoms with van der Waals surface area (Å²) in [5.74, 6) is 0.656. The molecule has 0 fully saturated rings. The Hall–Kier alpha value is -3.06. The number of imidazole rings is 1. The maximum absolute atomic E-state index is 12.8. The molecule has 4 aromatic rings. The zero-order valence-corrected chi connectivity index (χ0v) is 22.7. The van der Waals surface area contributed by atoms with E-state index in [1.165, 1.54) is 0 Å². The summed E-state index contributed by atoms with van der Waals surface area (Å²) in [4.78, 5) is 27.2. The second-order valence-electron chi connectivity index (χ2n) is 10.1. The highest BCUT2D eigenvalue weighted by molar-refractivity contribution is 9.10. The fourth-order valence-electron chi connectivity index (χ4n) is 4.01. The van der Waals surface area contributed by atoms with Crippen molar-refractivity contribution in [3.8, 4) is 11.3 Å². The molecule has 6 nitrogen and oxygen atoms in total. The number of aryl methyl sites for hydroxylation is 3. The van der Waals surface area contributed by atoms with Crippen molar-refractivity contribution in [1.82, 2.24) is 19.5 Å².